The number of alkyl halides is 1. The highest BCUT2D eigenvalue weighted by molar-refractivity contribution is 5.78. The fourth-order valence-corrected chi connectivity index (χ4v) is 5.12. The number of imidazole rings is 1. The molecule has 45 heavy (non-hydrogen) atoms. The van der Waals surface area contributed by atoms with E-state index < -0.39 is 58.9 Å². The van der Waals surface area contributed by atoms with Crippen LogP contribution in [-0.4, -0.2) is 36.4 Å². The highest BCUT2D eigenvalue weighted by Crippen LogP contribution is 2.48. The highest BCUT2D eigenvalue weighted by Gasteiger charge is 2.44. The minimum atomic E-state index is -1.98. The minimum absolute atomic E-state index is 0.0701. The van der Waals surface area contributed by atoms with Crippen molar-refractivity contribution in [1.82, 2.24) is 19.5 Å². The summed E-state index contributed by atoms with van der Waals surface area (Å²) < 4.78 is 95.1. The smallest absolute Gasteiger partial charge is 0.254 e. The number of aliphatic hydroxyl groups excluding tert-OH is 1. The molecule has 5 aromatic rings. The molecule has 7 nitrogen and oxygen atoms in total. The average molecular weight is 629 g/mol. The Morgan fingerprint density at radius 1 is 0.889 bits per heavy atom. The maximum absolute atomic E-state index is 15.5. The summed E-state index contributed by atoms with van der Waals surface area (Å²) in [5.74, 6) is -5.15. The molecule has 2 N–H and O–H groups in total. The molecule has 0 radical (unpaired) electrons. The van der Waals surface area contributed by atoms with Gasteiger partial charge in [-0.1, -0.05) is 12.1 Å². The Morgan fingerprint density at radius 2 is 1.64 bits per heavy atom. The summed E-state index contributed by atoms with van der Waals surface area (Å²) in [6, 6.07) is 8.32. The van der Waals surface area contributed by atoms with Gasteiger partial charge in [0, 0.05) is 29.5 Å². The fourth-order valence-electron chi connectivity index (χ4n) is 5.12. The van der Waals surface area contributed by atoms with E-state index in [9.17, 15) is 27.8 Å². The van der Waals surface area contributed by atoms with Gasteiger partial charge in [-0.05, 0) is 61.2 Å². The van der Waals surface area contributed by atoms with Crippen LogP contribution in [0.5, 0.6) is 5.88 Å². The maximum atomic E-state index is 15.5. The quantitative estimate of drug-likeness (QED) is 0.137. The summed E-state index contributed by atoms with van der Waals surface area (Å²) in [5, 5.41) is 19.2. The van der Waals surface area contributed by atoms with Gasteiger partial charge in [-0.25, -0.2) is 27.5 Å². The van der Waals surface area contributed by atoms with Crippen molar-refractivity contribution in [1.29, 1.82) is 0 Å². The van der Waals surface area contributed by atoms with E-state index in [2.05, 4.69) is 15.0 Å². The van der Waals surface area contributed by atoms with E-state index in [0.29, 0.717) is 18.4 Å². The molecule has 1 fully saturated rings. The predicted molar refractivity (Wildman–Crippen MR) is 150 cm³/mol. The van der Waals surface area contributed by atoms with Crippen LogP contribution < -0.4 is 4.74 Å². The Kier molecular flexibility index (Phi) is 8.00. The van der Waals surface area contributed by atoms with Gasteiger partial charge in [0.1, 0.15) is 35.4 Å². The number of hydrogen-bond acceptors (Lipinski definition) is 6. The summed E-state index contributed by atoms with van der Waals surface area (Å²) in [4.78, 5) is 11.9. The van der Waals surface area contributed by atoms with Gasteiger partial charge in [0.15, 0.2) is 17.9 Å². The monoisotopic (exact) mass is 628 g/mol. The van der Waals surface area contributed by atoms with Crippen LogP contribution >= 0.6 is 0 Å². The number of hydrogen-bond donors (Lipinski definition) is 2. The molecule has 0 spiro atoms. The number of aromatic nitrogens is 4. The summed E-state index contributed by atoms with van der Waals surface area (Å²) >= 11 is 0. The lowest BCUT2D eigenvalue weighted by Gasteiger charge is -2.16. The van der Waals surface area contributed by atoms with E-state index >= 15 is 8.78 Å². The average Bonchev–Trinajstić information content (AvgIpc) is 3.70. The van der Waals surface area contributed by atoms with Crippen LogP contribution in [0, 0.1) is 41.4 Å². The molecule has 0 saturated heterocycles. The molecule has 0 aliphatic heterocycles. The predicted octanol–water partition coefficient (Wildman–Crippen LogP) is 6.40. The maximum Gasteiger partial charge on any atom is 0.254 e. The lowest BCUT2D eigenvalue weighted by molar-refractivity contribution is -0.0426. The van der Waals surface area contributed by atoms with Crippen molar-refractivity contribution in [3.05, 3.63) is 106 Å². The molecule has 0 unspecified atom stereocenters. The molecular weight excluding hydrogens is 602 g/mol. The number of halogens is 6. The lowest BCUT2D eigenvalue weighted by atomic mass is 10.1. The second-order valence-electron chi connectivity index (χ2n) is 11.3. The first kappa shape index (κ1) is 30.5. The zero-order valence-electron chi connectivity index (χ0n) is 23.8. The molecule has 234 valence electrons. The summed E-state index contributed by atoms with van der Waals surface area (Å²) in [6.45, 7) is 0.743. The molecule has 13 heteroatoms. The van der Waals surface area contributed by atoms with Crippen molar-refractivity contribution in [3.63, 3.8) is 0 Å². The van der Waals surface area contributed by atoms with Crippen molar-refractivity contribution < 1.29 is 41.3 Å². The topological polar surface area (TPSA) is 93.3 Å². The van der Waals surface area contributed by atoms with Gasteiger partial charge >= 0.3 is 0 Å². The third kappa shape index (κ3) is 6.09. The Labute approximate surface area is 252 Å². The molecule has 2 aromatic heterocycles. The molecule has 3 aromatic carbocycles. The van der Waals surface area contributed by atoms with E-state index in [4.69, 9.17) is 4.74 Å². The van der Waals surface area contributed by atoms with Gasteiger partial charge in [-0.15, -0.1) is 0 Å². The molecule has 0 amide bonds. The van der Waals surface area contributed by atoms with Crippen LogP contribution in [-0.2, 0) is 19.6 Å². The Balaban J connectivity index is 1.32. The van der Waals surface area contributed by atoms with Gasteiger partial charge in [0.05, 0.1) is 24.0 Å². The van der Waals surface area contributed by atoms with Gasteiger partial charge in [0.2, 0.25) is 5.82 Å². The Morgan fingerprint density at radius 3 is 2.33 bits per heavy atom. The normalized spacial score (nSPS) is 14.0. The zero-order chi connectivity index (χ0) is 32.0. The Bertz CT molecular complexity index is 1930. The van der Waals surface area contributed by atoms with Crippen LogP contribution in [0.4, 0.5) is 26.3 Å². The summed E-state index contributed by atoms with van der Waals surface area (Å²) in [6.07, 6.45) is -0.448. The van der Waals surface area contributed by atoms with Gasteiger partial charge in [-0.2, -0.15) is 9.37 Å². The summed E-state index contributed by atoms with van der Waals surface area (Å²) in [5.41, 5.74) is -0.610. The standard InChI is InChI=1S/C32H26F6N4O3/c1-16-2-3-17(21(34)6-16)13-45-30-25(38)12-39-29(41-30)20-11-22(35)18(7-23(20)36)10-27-40-28-24(37)8-19(31(43)44)9-26(28)42(27)15-32(14-33)4-5-32/h2-3,6-9,11-12,31,43-44H,4-5,10,13-15H2,1H3. The van der Waals surface area contributed by atoms with E-state index in [1.54, 1.807) is 13.0 Å². The number of ether oxygens (including phenoxy) is 1. The third-order valence-corrected chi connectivity index (χ3v) is 7.95. The van der Waals surface area contributed by atoms with Crippen LogP contribution in [0.25, 0.3) is 22.4 Å². The minimum Gasteiger partial charge on any atom is -0.471 e. The number of benzene rings is 3. The lowest BCUT2D eigenvalue weighted by Crippen LogP contribution is -2.16. The SMILES string of the molecule is Cc1ccc(COc2nc(-c3cc(F)c(Cc4nc5c(F)cc(C(O)O)cc5n4CC4(CF)CC4)cc3F)ncc2F)c(F)c1. The Hall–Kier alpha value is -4.49. The molecule has 0 atom stereocenters. The van der Waals surface area contributed by atoms with E-state index in [-0.39, 0.29) is 58.9 Å². The van der Waals surface area contributed by atoms with Crippen molar-refractivity contribution in [2.24, 2.45) is 5.41 Å². The second-order valence-corrected chi connectivity index (χ2v) is 11.3. The van der Waals surface area contributed by atoms with Crippen LogP contribution in [0.2, 0.25) is 0 Å². The van der Waals surface area contributed by atoms with Gasteiger partial charge < -0.3 is 19.5 Å². The first-order valence-corrected chi connectivity index (χ1v) is 14.0. The van der Waals surface area contributed by atoms with Crippen LogP contribution in [0.1, 0.15) is 47.2 Å². The molecular formula is C32H26F6N4O3. The van der Waals surface area contributed by atoms with Crippen LogP contribution in [0.15, 0.2) is 48.7 Å². The van der Waals surface area contributed by atoms with Crippen molar-refractivity contribution >= 4 is 11.0 Å². The molecule has 2 heterocycles. The van der Waals surface area contributed by atoms with Crippen molar-refractivity contribution in [3.8, 4) is 17.3 Å². The number of nitrogens with zero attached hydrogens (tertiary/aromatic N) is 4. The van der Waals surface area contributed by atoms with Gasteiger partial charge in [0.25, 0.3) is 5.88 Å². The number of rotatable bonds is 10. The summed E-state index contributed by atoms with van der Waals surface area (Å²) in [7, 11) is 0. The fraction of sp³-hybridized carbons (Fsp3) is 0.281. The highest BCUT2D eigenvalue weighted by atomic mass is 19.1. The molecule has 1 saturated carbocycles. The second kappa shape index (κ2) is 11.8. The zero-order valence-corrected chi connectivity index (χ0v) is 23.8. The van der Waals surface area contributed by atoms with Crippen molar-refractivity contribution in [2.45, 2.75) is 45.6 Å². The third-order valence-electron chi connectivity index (χ3n) is 7.95. The number of fused-ring (bicyclic) bond motifs is 1. The van der Waals surface area contributed by atoms with E-state index in [0.717, 1.165) is 24.4 Å². The molecule has 0 bridgehead atoms. The molecule has 6 rings (SSSR count). The van der Waals surface area contributed by atoms with Crippen molar-refractivity contribution in [2.75, 3.05) is 6.67 Å². The largest absolute Gasteiger partial charge is 0.471 e. The van der Waals surface area contributed by atoms with Gasteiger partial charge in [-0.3, -0.25) is 4.39 Å². The first-order chi connectivity index (χ1) is 21.5. The number of aryl methyl sites for hydroxylation is 1. The van der Waals surface area contributed by atoms with Crippen LogP contribution in [0.3, 0.4) is 0 Å². The van der Waals surface area contributed by atoms with E-state index in [1.165, 1.54) is 22.8 Å². The molecule has 1 aliphatic carbocycles. The first-order valence-electron chi connectivity index (χ1n) is 14.0. The van der Waals surface area contributed by atoms with E-state index in [1.807, 2.05) is 0 Å². The number of aliphatic hydroxyl groups is 2. The molecule has 1 aliphatic rings.